The van der Waals surface area contributed by atoms with Gasteiger partial charge in [0.1, 0.15) is 6.17 Å². The fraction of sp³-hybridized carbons (Fsp3) is 0.900. The number of nitrogens with zero attached hydrogens (tertiary/aromatic N) is 1. The average molecular weight is 218 g/mol. The van der Waals surface area contributed by atoms with Crippen LogP contribution in [-0.2, 0) is 0 Å². The first-order valence-corrected chi connectivity index (χ1v) is 5.19. The van der Waals surface area contributed by atoms with Crippen LogP contribution in [0, 0.1) is 0 Å². The summed E-state index contributed by atoms with van der Waals surface area (Å²) in [5, 5.41) is 11.9. The third-order valence-corrected chi connectivity index (χ3v) is 2.43. The number of carbonyl (C=O) groups is 1. The molecule has 0 aliphatic carbocycles. The van der Waals surface area contributed by atoms with Crippen molar-refractivity contribution in [1.82, 2.24) is 10.2 Å². The Morgan fingerprint density at radius 1 is 1.53 bits per heavy atom. The van der Waals surface area contributed by atoms with Crippen LogP contribution in [-0.4, -0.2) is 46.9 Å². The Morgan fingerprint density at radius 3 is 2.53 bits per heavy atom. The molecule has 1 aliphatic heterocycles. The lowest BCUT2D eigenvalue weighted by Gasteiger charge is -2.37. The van der Waals surface area contributed by atoms with E-state index in [1.54, 1.807) is 0 Å². The van der Waals surface area contributed by atoms with Crippen molar-refractivity contribution in [3.63, 3.8) is 0 Å². The molecule has 1 amide bonds. The first-order chi connectivity index (χ1) is 6.79. The maximum Gasteiger partial charge on any atom is 0.407 e. The molecule has 0 aromatic carbocycles. The monoisotopic (exact) mass is 218 g/mol. The number of hydrogen-bond acceptors (Lipinski definition) is 2. The zero-order valence-electron chi connectivity index (χ0n) is 9.46. The van der Waals surface area contributed by atoms with E-state index in [-0.39, 0.29) is 18.1 Å². The average Bonchev–Trinajstić information content (AvgIpc) is 2.05. The normalized spacial score (nSPS) is 27.9. The largest absolute Gasteiger partial charge is 0.465 e. The lowest BCUT2D eigenvalue weighted by molar-refractivity contribution is 0.0811. The van der Waals surface area contributed by atoms with E-state index in [2.05, 4.69) is 5.32 Å². The van der Waals surface area contributed by atoms with E-state index in [4.69, 9.17) is 5.11 Å². The van der Waals surface area contributed by atoms with E-state index in [1.807, 2.05) is 20.8 Å². The molecule has 0 saturated carbocycles. The van der Waals surface area contributed by atoms with Gasteiger partial charge in [0, 0.05) is 18.1 Å². The number of hydrogen-bond donors (Lipinski definition) is 2. The molecule has 2 N–H and O–H groups in total. The minimum atomic E-state index is -1.12. The van der Waals surface area contributed by atoms with Gasteiger partial charge in [-0.3, -0.25) is 0 Å². The summed E-state index contributed by atoms with van der Waals surface area (Å²) in [6.45, 7) is 6.31. The van der Waals surface area contributed by atoms with E-state index in [9.17, 15) is 9.18 Å². The molecule has 1 heterocycles. The highest BCUT2D eigenvalue weighted by molar-refractivity contribution is 5.65. The third-order valence-electron chi connectivity index (χ3n) is 2.43. The molecule has 15 heavy (non-hydrogen) atoms. The van der Waals surface area contributed by atoms with E-state index in [1.165, 1.54) is 0 Å². The van der Waals surface area contributed by atoms with E-state index in [0.717, 1.165) is 4.90 Å². The second-order valence-corrected chi connectivity index (χ2v) is 5.03. The molecule has 1 saturated heterocycles. The van der Waals surface area contributed by atoms with Gasteiger partial charge in [0.2, 0.25) is 0 Å². The molecule has 0 unspecified atom stereocenters. The molecule has 2 atom stereocenters. The maximum atomic E-state index is 13.6. The predicted octanol–water partition coefficient (Wildman–Crippen LogP) is 1.46. The lowest BCUT2D eigenvalue weighted by atomic mass is 9.99. The van der Waals surface area contributed by atoms with Crippen LogP contribution in [0.4, 0.5) is 9.18 Å². The summed E-state index contributed by atoms with van der Waals surface area (Å²) < 4.78 is 13.6. The molecule has 0 aromatic rings. The Morgan fingerprint density at radius 2 is 2.13 bits per heavy atom. The van der Waals surface area contributed by atoms with Crippen molar-refractivity contribution in [1.29, 1.82) is 0 Å². The summed E-state index contributed by atoms with van der Waals surface area (Å²) in [5.41, 5.74) is -0.138. The smallest absolute Gasteiger partial charge is 0.407 e. The minimum absolute atomic E-state index is 0.0247. The van der Waals surface area contributed by atoms with Crippen molar-refractivity contribution >= 4 is 6.09 Å². The van der Waals surface area contributed by atoms with E-state index in [0.29, 0.717) is 13.0 Å². The number of amides is 1. The molecular formula is C10H19FN2O2. The van der Waals surface area contributed by atoms with Gasteiger partial charge in [0.05, 0.1) is 6.54 Å². The topological polar surface area (TPSA) is 52.6 Å². The van der Waals surface area contributed by atoms with Crippen molar-refractivity contribution in [3.8, 4) is 0 Å². The summed E-state index contributed by atoms with van der Waals surface area (Å²) in [6.07, 6.45) is -1.62. The van der Waals surface area contributed by atoms with Gasteiger partial charge in [-0.2, -0.15) is 0 Å². The molecule has 0 radical (unpaired) electrons. The fourth-order valence-electron chi connectivity index (χ4n) is 1.80. The van der Waals surface area contributed by atoms with E-state index >= 15 is 0 Å². The number of likely N-dealkylation sites (tertiary alicyclic amines) is 1. The van der Waals surface area contributed by atoms with Crippen molar-refractivity contribution in [3.05, 3.63) is 0 Å². The van der Waals surface area contributed by atoms with Gasteiger partial charge in [-0.05, 0) is 27.2 Å². The van der Waals surface area contributed by atoms with E-state index < -0.39 is 12.3 Å². The van der Waals surface area contributed by atoms with Crippen LogP contribution in [0.5, 0.6) is 0 Å². The number of alkyl halides is 1. The van der Waals surface area contributed by atoms with Crippen LogP contribution in [0.2, 0.25) is 0 Å². The number of carboxylic acid groups (broad SMARTS) is 1. The fourth-order valence-corrected chi connectivity index (χ4v) is 1.80. The Hall–Kier alpha value is -0.840. The zero-order valence-corrected chi connectivity index (χ0v) is 9.46. The van der Waals surface area contributed by atoms with Gasteiger partial charge in [-0.1, -0.05) is 0 Å². The van der Waals surface area contributed by atoms with Crippen LogP contribution in [0.15, 0.2) is 0 Å². The van der Waals surface area contributed by atoms with Gasteiger partial charge < -0.3 is 15.3 Å². The number of halogens is 1. The molecule has 1 fully saturated rings. The highest BCUT2D eigenvalue weighted by atomic mass is 19.1. The van der Waals surface area contributed by atoms with Crippen LogP contribution in [0.25, 0.3) is 0 Å². The summed E-state index contributed by atoms with van der Waals surface area (Å²) >= 11 is 0. The molecule has 0 bridgehead atoms. The van der Waals surface area contributed by atoms with Crippen LogP contribution < -0.4 is 5.32 Å². The first-order valence-electron chi connectivity index (χ1n) is 5.19. The Balaban J connectivity index is 2.49. The lowest BCUT2D eigenvalue weighted by Crippen LogP contribution is -2.56. The summed E-state index contributed by atoms with van der Waals surface area (Å²) in [7, 11) is 0. The number of rotatable bonds is 1. The van der Waals surface area contributed by atoms with Gasteiger partial charge in [0.25, 0.3) is 0 Å². The van der Waals surface area contributed by atoms with Crippen LogP contribution in [0.1, 0.15) is 27.2 Å². The number of piperidine rings is 1. The van der Waals surface area contributed by atoms with Crippen molar-refractivity contribution in [2.75, 3.05) is 13.1 Å². The zero-order chi connectivity index (χ0) is 11.6. The molecule has 4 nitrogen and oxygen atoms in total. The maximum absolute atomic E-state index is 13.6. The van der Waals surface area contributed by atoms with Crippen molar-refractivity contribution in [2.24, 2.45) is 0 Å². The SMILES string of the molecule is CC(C)(C)N[C@H]1CCN(C(=O)O)C[C@H]1F. The molecule has 1 aliphatic rings. The van der Waals surface area contributed by atoms with Crippen LogP contribution >= 0.6 is 0 Å². The molecule has 5 heteroatoms. The molecule has 0 aromatic heterocycles. The van der Waals surface area contributed by atoms with Crippen LogP contribution in [0.3, 0.4) is 0 Å². The summed E-state index contributed by atoms with van der Waals surface area (Å²) in [5.74, 6) is 0. The Kier molecular flexibility index (Phi) is 3.54. The van der Waals surface area contributed by atoms with Crippen molar-refractivity contribution < 1.29 is 14.3 Å². The quantitative estimate of drug-likeness (QED) is 0.700. The Bertz CT molecular complexity index is 240. The Labute approximate surface area is 89.4 Å². The van der Waals surface area contributed by atoms with Gasteiger partial charge >= 0.3 is 6.09 Å². The summed E-state index contributed by atoms with van der Waals surface area (Å²) in [4.78, 5) is 11.8. The molecule has 1 rings (SSSR count). The standard InChI is InChI=1S/C10H19FN2O2/c1-10(2,3)12-8-4-5-13(9(14)15)6-7(8)11/h7-8,12H,4-6H2,1-3H3,(H,14,15)/t7-,8+/m1/s1. The third kappa shape index (κ3) is 3.66. The second-order valence-electron chi connectivity index (χ2n) is 5.03. The number of nitrogens with one attached hydrogen (secondary N) is 1. The predicted molar refractivity (Wildman–Crippen MR) is 55.8 cm³/mol. The molecule has 88 valence electrons. The summed E-state index contributed by atoms with van der Waals surface area (Å²) in [6, 6.07) is -0.236. The highest BCUT2D eigenvalue weighted by Crippen LogP contribution is 2.17. The second kappa shape index (κ2) is 4.35. The first kappa shape index (κ1) is 12.2. The van der Waals surface area contributed by atoms with Gasteiger partial charge in [0.15, 0.2) is 0 Å². The molecular weight excluding hydrogens is 199 g/mol. The molecule has 0 spiro atoms. The van der Waals surface area contributed by atoms with Crippen molar-refractivity contribution in [2.45, 2.75) is 44.9 Å². The highest BCUT2D eigenvalue weighted by Gasteiger charge is 2.33. The minimum Gasteiger partial charge on any atom is -0.465 e. The van der Waals surface area contributed by atoms with Gasteiger partial charge in [-0.25, -0.2) is 9.18 Å². The van der Waals surface area contributed by atoms with Gasteiger partial charge in [-0.15, -0.1) is 0 Å².